The topological polar surface area (TPSA) is 83.0 Å². The first kappa shape index (κ1) is 19.5. The van der Waals surface area contributed by atoms with Gasteiger partial charge in [-0.3, -0.25) is 5.43 Å². The summed E-state index contributed by atoms with van der Waals surface area (Å²) in [6, 6.07) is 8.35. The Morgan fingerprint density at radius 2 is 1.88 bits per heavy atom. The summed E-state index contributed by atoms with van der Waals surface area (Å²) in [4.78, 5) is 10.9. The highest BCUT2D eigenvalue weighted by molar-refractivity contribution is 6.33. The number of methoxy groups -OCH3 is 1. The van der Waals surface area contributed by atoms with Gasteiger partial charge in [0.15, 0.2) is 11.5 Å². The molecule has 0 aliphatic carbocycles. The smallest absolute Gasteiger partial charge is 0.387 e. The second-order valence-corrected chi connectivity index (χ2v) is 5.44. The Kier molecular flexibility index (Phi) is 6.35. The van der Waals surface area contributed by atoms with Gasteiger partial charge in [0, 0.05) is 5.56 Å². The quantitative estimate of drug-likeness (QED) is 0.586. The molecule has 0 aliphatic rings. The van der Waals surface area contributed by atoms with Gasteiger partial charge in [0.1, 0.15) is 0 Å². The Bertz CT molecular complexity index is 844. The number of anilines is 1. The van der Waals surface area contributed by atoms with Gasteiger partial charge in [0.05, 0.1) is 29.5 Å². The average molecular weight is 384 g/mol. The molecule has 2 aromatic carbocycles. The number of halogens is 3. The maximum atomic E-state index is 12.4. The van der Waals surface area contributed by atoms with Crippen molar-refractivity contribution < 1.29 is 28.2 Å². The maximum Gasteiger partial charge on any atom is 0.387 e. The number of rotatable bonds is 7. The molecule has 0 bridgehead atoms. The van der Waals surface area contributed by atoms with Crippen molar-refractivity contribution >= 4 is 29.0 Å². The lowest BCUT2D eigenvalue weighted by Crippen LogP contribution is -2.22. The molecule has 1 N–H and O–H groups in total. The lowest BCUT2D eigenvalue weighted by molar-refractivity contribution is -0.255. The predicted octanol–water partition coefficient (Wildman–Crippen LogP) is 3.15. The van der Waals surface area contributed by atoms with Crippen LogP contribution in [0.5, 0.6) is 11.5 Å². The number of carbonyl (C=O) groups excluding carboxylic acids is 1. The molecule has 0 unspecified atom stereocenters. The number of nitrogens with zero attached hydrogens (tertiary/aromatic N) is 1. The molecule has 138 valence electrons. The van der Waals surface area contributed by atoms with E-state index in [1.165, 1.54) is 43.5 Å². The summed E-state index contributed by atoms with van der Waals surface area (Å²) < 4.78 is 34.1. The summed E-state index contributed by atoms with van der Waals surface area (Å²) in [5.41, 5.74) is 3.93. The Hall–Kier alpha value is -2.87. The summed E-state index contributed by atoms with van der Waals surface area (Å²) >= 11 is 5.99. The van der Waals surface area contributed by atoms with Crippen LogP contribution in [0.2, 0.25) is 5.02 Å². The molecule has 0 heterocycles. The van der Waals surface area contributed by atoms with Crippen molar-refractivity contribution in [1.29, 1.82) is 0 Å². The molecule has 9 heteroatoms. The SMILES string of the molecule is COc1cc(/C(C)=N\Nc2cc(C(=O)[O-])ccc2Cl)ccc1OC(F)F. The minimum atomic E-state index is -2.97. The molecular formula is C17H14ClF2N2O4-. The highest BCUT2D eigenvalue weighted by atomic mass is 35.5. The largest absolute Gasteiger partial charge is 0.545 e. The lowest BCUT2D eigenvalue weighted by atomic mass is 10.1. The molecule has 26 heavy (non-hydrogen) atoms. The first-order valence-electron chi connectivity index (χ1n) is 7.26. The number of nitrogens with one attached hydrogen (secondary N) is 1. The zero-order valence-electron chi connectivity index (χ0n) is 13.8. The van der Waals surface area contributed by atoms with Crippen LogP contribution < -0.4 is 20.0 Å². The number of carboxylic acid groups (broad SMARTS) is 1. The molecule has 0 radical (unpaired) electrons. The summed E-state index contributed by atoms with van der Waals surface area (Å²) in [6.07, 6.45) is 0. The summed E-state index contributed by atoms with van der Waals surface area (Å²) in [5.74, 6) is -1.32. The van der Waals surface area contributed by atoms with Gasteiger partial charge in [-0.15, -0.1) is 0 Å². The number of hydrazone groups is 1. The number of ether oxygens (including phenoxy) is 2. The second-order valence-electron chi connectivity index (χ2n) is 5.04. The van der Waals surface area contributed by atoms with Crippen LogP contribution in [0, 0.1) is 0 Å². The molecule has 6 nitrogen and oxygen atoms in total. The van der Waals surface area contributed by atoms with E-state index in [0.717, 1.165) is 0 Å². The van der Waals surface area contributed by atoms with Crippen LogP contribution in [-0.2, 0) is 0 Å². The summed E-state index contributed by atoms with van der Waals surface area (Å²) in [6.45, 7) is -1.31. The maximum absolute atomic E-state index is 12.4. The Morgan fingerprint density at radius 1 is 1.19 bits per heavy atom. The van der Waals surface area contributed by atoms with E-state index < -0.39 is 12.6 Å². The van der Waals surface area contributed by atoms with Crippen molar-refractivity contribution in [3.8, 4) is 11.5 Å². The fourth-order valence-electron chi connectivity index (χ4n) is 2.03. The van der Waals surface area contributed by atoms with Gasteiger partial charge in [0.2, 0.25) is 0 Å². The molecule has 2 aromatic rings. The van der Waals surface area contributed by atoms with Crippen molar-refractivity contribution in [3.63, 3.8) is 0 Å². The molecule has 0 spiro atoms. The molecule has 2 rings (SSSR count). The molecule has 0 atom stereocenters. The molecule has 0 saturated heterocycles. The van der Waals surface area contributed by atoms with E-state index in [0.29, 0.717) is 11.3 Å². The fourth-order valence-corrected chi connectivity index (χ4v) is 2.19. The molecular weight excluding hydrogens is 370 g/mol. The fraction of sp³-hybridized carbons (Fsp3) is 0.176. The van der Waals surface area contributed by atoms with Gasteiger partial charge in [-0.25, -0.2) is 0 Å². The Balaban J connectivity index is 2.24. The van der Waals surface area contributed by atoms with E-state index in [9.17, 15) is 18.7 Å². The van der Waals surface area contributed by atoms with Gasteiger partial charge in [-0.1, -0.05) is 17.7 Å². The highest BCUT2D eigenvalue weighted by Crippen LogP contribution is 2.30. The summed E-state index contributed by atoms with van der Waals surface area (Å²) in [7, 11) is 1.33. The first-order chi connectivity index (χ1) is 12.3. The van der Waals surface area contributed by atoms with E-state index in [1.807, 2.05) is 0 Å². The number of hydrogen-bond donors (Lipinski definition) is 1. The number of carboxylic acids is 1. The Labute approximate surface area is 153 Å². The third kappa shape index (κ3) is 4.82. The number of benzene rings is 2. The molecule has 0 fully saturated rings. The minimum absolute atomic E-state index is 0.0556. The van der Waals surface area contributed by atoms with Gasteiger partial charge in [-0.05, 0) is 42.8 Å². The molecule has 0 amide bonds. The minimum Gasteiger partial charge on any atom is -0.545 e. The molecule has 0 aromatic heterocycles. The van der Waals surface area contributed by atoms with Crippen molar-refractivity contribution in [2.45, 2.75) is 13.5 Å². The number of aromatic carboxylic acids is 1. The van der Waals surface area contributed by atoms with E-state index >= 15 is 0 Å². The van der Waals surface area contributed by atoms with Crippen LogP contribution in [0.4, 0.5) is 14.5 Å². The van der Waals surface area contributed by atoms with Crippen molar-refractivity contribution in [2.75, 3.05) is 12.5 Å². The van der Waals surface area contributed by atoms with Gasteiger partial charge in [0.25, 0.3) is 0 Å². The van der Waals surface area contributed by atoms with Crippen molar-refractivity contribution in [2.24, 2.45) is 5.10 Å². The van der Waals surface area contributed by atoms with Crippen molar-refractivity contribution in [3.05, 3.63) is 52.5 Å². The average Bonchev–Trinajstić information content (AvgIpc) is 2.60. The standard InChI is InChI=1S/C17H15ClF2N2O4/c1-9(10-4-6-14(26-17(19)20)15(8-10)25-2)21-22-13-7-11(16(23)24)3-5-12(13)18/h3-8,17,22H,1-2H3,(H,23,24)/p-1/b21-9-. The monoisotopic (exact) mass is 383 g/mol. The zero-order chi connectivity index (χ0) is 19.3. The van der Waals surface area contributed by atoms with E-state index in [2.05, 4.69) is 15.3 Å². The molecule has 0 saturated carbocycles. The van der Waals surface area contributed by atoms with Gasteiger partial charge < -0.3 is 19.4 Å². The second kappa shape index (κ2) is 8.48. The van der Waals surface area contributed by atoms with E-state index in [4.69, 9.17) is 16.3 Å². The van der Waals surface area contributed by atoms with Gasteiger partial charge >= 0.3 is 6.61 Å². The lowest BCUT2D eigenvalue weighted by Gasteiger charge is -2.12. The van der Waals surface area contributed by atoms with Crippen LogP contribution in [0.3, 0.4) is 0 Å². The summed E-state index contributed by atoms with van der Waals surface area (Å²) in [5, 5.41) is 15.3. The molecule has 0 aliphatic heterocycles. The number of carbonyl (C=O) groups is 1. The number of alkyl halides is 2. The Morgan fingerprint density at radius 3 is 2.50 bits per heavy atom. The van der Waals surface area contributed by atoms with Gasteiger partial charge in [-0.2, -0.15) is 13.9 Å². The number of hydrogen-bond acceptors (Lipinski definition) is 6. The van der Waals surface area contributed by atoms with E-state index in [-0.39, 0.29) is 27.8 Å². The third-order valence-electron chi connectivity index (χ3n) is 3.34. The first-order valence-corrected chi connectivity index (χ1v) is 7.64. The third-order valence-corrected chi connectivity index (χ3v) is 3.67. The highest BCUT2D eigenvalue weighted by Gasteiger charge is 2.12. The van der Waals surface area contributed by atoms with Crippen LogP contribution in [0.15, 0.2) is 41.5 Å². The van der Waals surface area contributed by atoms with Crippen LogP contribution in [-0.4, -0.2) is 25.4 Å². The predicted molar refractivity (Wildman–Crippen MR) is 91.2 cm³/mol. The van der Waals surface area contributed by atoms with E-state index in [1.54, 1.807) is 6.92 Å². The van der Waals surface area contributed by atoms with Crippen LogP contribution >= 0.6 is 11.6 Å². The zero-order valence-corrected chi connectivity index (χ0v) is 14.5. The van der Waals surface area contributed by atoms with Crippen molar-refractivity contribution in [1.82, 2.24) is 0 Å². The van der Waals surface area contributed by atoms with Crippen LogP contribution in [0.25, 0.3) is 0 Å². The normalized spacial score (nSPS) is 11.4. The van der Waals surface area contributed by atoms with Crippen LogP contribution in [0.1, 0.15) is 22.8 Å².